The molecular formula is C20H15F3NO. The van der Waals surface area contributed by atoms with Crippen LogP contribution in [-0.2, 0) is 19.2 Å². The van der Waals surface area contributed by atoms with E-state index in [1.807, 2.05) is 12.1 Å². The molecule has 1 radical (unpaired) electrons. The van der Waals surface area contributed by atoms with Crippen molar-refractivity contribution in [2.45, 2.75) is 19.2 Å². The van der Waals surface area contributed by atoms with Crippen LogP contribution in [0.5, 0.6) is 5.88 Å². The van der Waals surface area contributed by atoms with Crippen molar-refractivity contribution in [3.63, 3.8) is 0 Å². The van der Waals surface area contributed by atoms with Gasteiger partial charge in [0.2, 0.25) is 5.88 Å². The summed E-state index contributed by atoms with van der Waals surface area (Å²) in [5, 5.41) is 0. The molecule has 3 rings (SSSR count). The Balaban J connectivity index is 1.83. The molecular weight excluding hydrogens is 327 g/mol. The van der Waals surface area contributed by atoms with Crippen molar-refractivity contribution < 1.29 is 17.9 Å². The van der Waals surface area contributed by atoms with E-state index < -0.39 is 17.6 Å². The van der Waals surface area contributed by atoms with Crippen LogP contribution in [0, 0.1) is 6.07 Å². The Labute approximate surface area is 143 Å². The standard InChI is InChI=1S/C20H15F3NO/c21-20(22,23)18-12-17(11-15-7-3-1-4-8-15)13-24-19(18)25-14-16-9-5-2-6-10-16/h1-3,5-10,12-13H,11,14H2. The van der Waals surface area contributed by atoms with Crippen molar-refractivity contribution in [1.82, 2.24) is 4.98 Å². The number of pyridine rings is 1. The molecule has 0 aliphatic rings. The molecule has 0 bridgehead atoms. The van der Waals surface area contributed by atoms with E-state index in [9.17, 15) is 13.2 Å². The fourth-order valence-electron chi connectivity index (χ4n) is 2.41. The zero-order chi connectivity index (χ0) is 17.7. The first-order valence-corrected chi connectivity index (χ1v) is 7.70. The van der Waals surface area contributed by atoms with Gasteiger partial charge in [0.25, 0.3) is 0 Å². The zero-order valence-electron chi connectivity index (χ0n) is 13.3. The number of nitrogens with zero attached hydrogens (tertiary/aromatic N) is 1. The van der Waals surface area contributed by atoms with E-state index in [1.165, 1.54) is 6.20 Å². The molecule has 0 fully saturated rings. The first kappa shape index (κ1) is 17.0. The van der Waals surface area contributed by atoms with Gasteiger partial charge in [-0.15, -0.1) is 0 Å². The quantitative estimate of drug-likeness (QED) is 0.646. The summed E-state index contributed by atoms with van der Waals surface area (Å²) in [6.45, 7) is 0.0317. The Bertz CT molecular complexity index is 817. The molecule has 0 atom stereocenters. The third-order valence-electron chi connectivity index (χ3n) is 3.61. The zero-order valence-corrected chi connectivity index (χ0v) is 13.3. The van der Waals surface area contributed by atoms with Gasteiger partial charge in [-0.25, -0.2) is 4.98 Å². The predicted octanol–water partition coefficient (Wildman–Crippen LogP) is 5.07. The maximum atomic E-state index is 13.4. The average Bonchev–Trinajstić information content (AvgIpc) is 2.61. The lowest BCUT2D eigenvalue weighted by atomic mass is 10.1. The molecule has 127 valence electrons. The van der Waals surface area contributed by atoms with Crippen LogP contribution in [0.3, 0.4) is 0 Å². The average molecular weight is 342 g/mol. The highest BCUT2D eigenvalue weighted by atomic mass is 19.4. The maximum absolute atomic E-state index is 13.4. The molecule has 0 amide bonds. The Hall–Kier alpha value is -2.82. The summed E-state index contributed by atoms with van der Waals surface area (Å²) in [6, 6.07) is 20.1. The highest BCUT2D eigenvalue weighted by Crippen LogP contribution is 2.36. The van der Waals surface area contributed by atoms with Crippen molar-refractivity contribution in [2.75, 3.05) is 0 Å². The number of hydrogen-bond donors (Lipinski definition) is 0. The lowest BCUT2D eigenvalue weighted by molar-refractivity contribution is -0.139. The van der Waals surface area contributed by atoms with Crippen LogP contribution in [0.25, 0.3) is 0 Å². The second-order valence-corrected chi connectivity index (χ2v) is 5.56. The molecule has 2 nitrogen and oxygen atoms in total. The molecule has 3 aromatic rings. The Morgan fingerprint density at radius 3 is 2.40 bits per heavy atom. The molecule has 0 spiro atoms. The molecule has 0 unspecified atom stereocenters. The topological polar surface area (TPSA) is 22.1 Å². The van der Waals surface area contributed by atoms with Gasteiger partial charge in [0.1, 0.15) is 12.2 Å². The van der Waals surface area contributed by atoms with Crippen LogP contribution < -0.4 is 4.74 Å². The van der Waals surface area contributed by atoms with Crippen molar-refractivity contribution in [1.29, 1.82) is 0 Å². The van der Waals surface area contributed by atoms with Gasteiger partial charge < -0.3 is 4.74 Å². The van der Waals surface area contributed by atoms with Crippen molar-refractivity contribution in [3.05, 3.63) is 95.2 Å². The van der Waals surface area contributed by atoms with Crippen LogP contribution in [-0.4, -0.2) is 4.98 Å². The highest BCUT2D eigenvalue weighted by molar-refractivity contribution is 5.35. The summed E-state index contributed by atoms with van der Waals surface area (Å²) in [7, 11) is 0. The lowest BCUT2D eigenvalue weighted by Crippen LogP contribution is -2.11. The van der Waals surface area contributed by atoms with E-state index in [0.717, 1.165) is 17.2 Å². The van der Waals surface area contributed by atoms with Gasteiger partial charge in [0, 0.05) is 6.20 Å². The van der Waals surface area contributed by atoms with Crippen molar-refractivity contribution in [2.24, 2.45) is 0 Å². The van der Waals surface area contributed by atoms with E-state index in [-0.39, 0.29) is 6.61 Å². The van der Waals surface area contributed by atoms with Gasteiger partial charge in [-0.3, -0.25) is 0 Å². The fraction of sp³-hybridized carbons (Fsp3) is 0.150. The summed E-state index contributed by atoms with van der Waals surface area (Å²) in [5.41, 5.74) is 1.26. The second kappa shape index (κ2) is 7.38. The summed E-state index contributed by atoms with van der Waals surface area (Å²) in [6.07, 6.45) is -2.76. The molecule has 2 aromatic carbocycles. The number of benzene rings is 2. The number of ether oxygens (including phenoxy) is 1. The van der Waals surface area contributed by atoms with E-state index in [2.05, 4.69) is 11.1 Å². The lowest BCUT2D eigenvalue weighted by Gasteiger charge is -2.14. The smallest absolute Gasteiger partial charge is 0.421 e. The number of rotatable bonds is 5. The molecule has 1 heterocycles. The molecule has 1 aromatic heterocycles. The molecule has 25 heavy (non-hydrogen) atoms. The van der Waals surface area contributed by atoms with Crippen LogP contribution in [0.15, 0.2) is 66.9 Å². The molecule has 0 aliphatic heterocycles. The van der Waals surface area contributed by atoms with Crippen LogP contribution in [0.4, 0.5) is 13.2 Å². The number of halogens is 3. The maximum Gasteiger partial charge on any atom is 0.421 e. The molecule has 0 saturated carbocycles. The highest BCUT2D eigenvalue weighted by Gasteiger charge is 2.35. The van der Waals surface area contributed by atoms with Gasteiger partial charge >= 0.3 is 6.18 Å². The van der Waals surface area contributed by atoms with Crippen LogP contribution >= 0.6 is 0 Å². The largest absolute Gasteiger partial charge is 0.472 e. The van der Waals surface area contributed by atoms with Crippen LogP contribution in [0.2, 0.25) is 0 Å². The van der Waals surface area contributed by atoms with Crippen molar-refractivity contribution >= 4 is 0 Å². The Kier molecular flexibility index (Phi) is 5.03. The minimum atomic E-state index is -4.53. The third kappa shape index (κ3) is 4.59. The minimum absolute atomic E-state index is 0.0317. The van der Waals surface area contributed by atoms with Crippen LogP contribution in [0.1, 0.15) is 22.3 Å². The van der Waals surface area contributed by atoms with Crippen molar-refractivity contribution in [3.8, 4) is 5.88 Å². The minimum Gasteiger partial charge on any atom is -0.472 e. The van der Waals surface area contributed by atoms with Gasteiger partial charge in [0.05, 0.1) is 0 Å². The first-order valence-electron chi connectivity index (χ1n) is 7.70. The van der Waals surface area contributed by atoms with Gasteiger partial charge in [-0.1, -0.05) is 54.6 Å². The van der Waals surface area contributed by atoms with Gasteiger partial charge in [0.15, 0.2) is 0 Å². The number of hydrogen-bond acceptors (Lipinski definition) is 2. The van der Waals surface area contributed by atoms with E-state index in [4.69, 9.17) is 4.74 Å². The molecule has 0 N–H and O–H groups in total. The van der Waals surface area contributed by atoms with E-state index >= 15 is 0 Å². The number of aromatic nitrogens is 1. The summed E-state index contributed by atoms with van der Waals surface area (Å²) < 4.78 is 45.4. The summed E-state index contributed by atoms with van der Waals surface area (Å²) in [5.74, 6) is -0.403. The monoisotopic (exact) mass is 342 g/mol. The van der Waals surface area contributed by atoms with E-state index in [1.54, 1.807) is 42.5 Å². The van der Waals surface area contributed by atoms with Gasteiger partial charge in [-0.2, -0.15) is 13.2 Å². The first-order chi connectivity index (χ1) is 12.0. The Morgan fingerprint density at radius 1 is 0.960 bits per heavy atom. The van der Waals surface area contributed by atoms with Gasteiger partial charge in [-0.05, 0) is 35.2 Å². The summed E-state index contributed by atoms with van der Waals surface area (Å²) >= 11 is 0. The normalized spacial score (nSPS) is 11.3. The fourth-order valence-corrected chi connectivity index (χ4v) is 2.41. The summed E-state index contributed by atoms with van der Waals surface area (Å²) in [4.78, 5) is 3.90. The molecule has 0 saturated heterocycles. The predicted molar refractivity (Wildman–Crippen MR) is 88.1 cm³/mol. The number of alkyl halides is 3. The van der Waals surface area contributed by atoms with E-state index in [0.29, 0.717) is 12.0 Å². The SMILES string of the molecule is FC(F)(F)c1cc(Cc2c[c]ccc2)cnc1OCc1ccccc1. The molecule has 0 aliphatic carbocycles. The second-order valence-electron chi connectivity index (χ2n) is 5.56. The molecule has 5 heteroatoms. The third-order valence-corrected chi connectivity index (χ3v) is 3.61. The Morgan fingerprint density at radius 2 is 1.72 bits per heavy atom.